The molecule has 0 aliphatic rings. The third-order valence-electron chi connectivity index (χ3n) is 6.26. The van der Waals surface area contributed by atoms with Gasteiger partial charge in [-0.2, -0.15) is 0 Å². The maximum Gasteiger partial charge on any atom is 0.318 e. The summed E-state index contributed by atoms with van der Waals surface area (Å²) in [7, 11) is 0. The highest BCUT2D eigenvalue weighted by molar-refractivity contribution is 5.99. The van der Waals surface area contributed by atoms with Crippen LogP contribution in [0.5, 0.6) is 0 Å². The first-order valence-electron chi connectivity index (χ1n) is 11.6. The molecule has 1 aromatic heterocycles. The summed E-state index contributed by atoms with van der Waals surface area (Å²) in [6, 6.07) is 27.1. The van der Waals surface area contributed by atoms with Gasteiger partial charge in [0.1, 0.15) is 11.7 Å². The van der Waals surface area contributed by atoms with Gasteiger partial charge in [0.2, 0.25) is 5.78 Å². The zero-order valence-electron chi connectivity index (χ0n) is 19.9. The van der Waals surface area contributed by atoms with Gasteiger partial charge in [-0.1, -0.05) is 72.8 Å². The molecule has 0 amide bonds. The van der Waals surface area contributed by atoms with Crippen LogP contribution in [0.2, 0.25) is 0 Å². The summed E-state index contributed by atoms with van der Waals surface area (Å²) in [6.07, 6.45) is 0.717. The average Bonchev–Trinajstić information content (AvgIpc) is 3.16. The fourth-order valence-corrected chi connectivity index (χ4v) is 4.37. The largest absolute Gasteiger partial charge is 0.457 e. The normalized spacial score (nSPS) is 11.0. The summed E-state index contributed by atoms with van der Waals surface area (Å²) >= 11 is 0. The Balaban J connectivity index is 1.45. The van der Waals surface area contributed by atoms with Crippen LogP contribution in [-0.4, -0.2) is 22.9 Å². The molecule has 0 aliphatic heterocycles. The molecule has 0 saturated heterocycles. The Morgan fingerprint density at radius 1 is 0.857 bits per heavy atom. The molecule has 4 rings (SSSR count). The SMILES string of the molecule is Cc1cc(C(=O)COC(=O)C(c2ccccc2)c2ccccc2)c(C)n1CCc1ccc(F)cc1. The van der Waals surface area contributed by atoms with E-state index in [1.807, 2.05) is 80.6 Å². The minimum absolute atomic E-state index is 0.237. The second kappa shape index (κ2) is 11.0. The van der Waals surface area contributed by atoms with E-state index in [1.54, 1.807) is 12.1 Å². The molecule has 1 heterocycles. The fraction of sp³-hybridized carbons (Fsp3) is 0.200. The van der Waals surface area contributed by atoms with Crippen LogP contribution in [0.25, 0.3) is 0 Å². The molecule has 0 saturated carbocycles. The van der Waals surface area contributed by atoms with Crippen LogP contribution in [0.15, 0.2) is 91.0 Å². The van der Waals surface area contributed by atoms with Crippen LogP contribution in [0.1, 0.15) is 44.4 Å². The molecule has 0 bridgehead atoms. The second-order valence-electron chi connectivity index (χ2n) is 8.60. The van der Waals surface area contributed by atoms with E-state index >= 15 is 0 Å². The molecule has 0 N–H and O–H groups in total. The van der Waals surface area contributed by atoms with Crippen LogP contribution in [0.3, 0.4) is 0 Å². The predicted molar refractivity (Wildman–Crippen MR) is 134 cm³/mol. The van der Waals surface area contributed by atoms with Crippen LogP contribution in [0, 0.1) is 19.7 Å². The van der Waals surface area contributed by atoms with Crippen LogP contribution >= 0.6 is 0 Å². The van der Waals surface area contributed by atoms with Gasteiger partial charge in [-0.05, 0) is 55.2 Å². The van der Waals surface area contributed by atoms with Gasteiger partial charge in [0, 0.05) is 23.5 Å². The van der Waals surface area contributed by atoms with Gasteiger partial charge in [-0.3, -0.25) is 9.59 Å². The summed E-state index contributed by atoms with van der Waals surface area (Å²) in [4.78, 5) is 26.1. The maximum atomic E-state index is 13.2. The number of halogens is 1. The number of aryl methyl sites for hydroxylation is 2. The first-order chi connectivity index (χ1) is 16.9. The molecular weight excluding hydrogens is 441 g/mol. The number of hydrogen-bond acceptors (Lipinski definition) is 3. The van der Waals surface area contributed by atoms with Gasteiger partial charge in [0.15, 0.2) is 6.61 Å². The lowest BCUT2D eigenvalue weighted by molar-refractivity contribution is -0.143. The number of carbonyl (C=O) groups is 2. The van der Waals surface area contributed by atoms with Crippen molar-refractivity contribution in [1.29, 1.82) is 0 Å². The van der Waals surface area contributed by atoms with Crippen molar-refractivity contribution in [2.45, 2.75) is 32.7 Å². The standard InChI is InChI=1S/C30H28FNO3/c1-21-19-27(22(2)32(21)18-17-23-13-15-26(31)16-14-23)28(33)20-35-30(34)29(24-9-5-3-6-10-24)25-11-7-4-8-12-25/h3-16,19,29H,17-18,20H2,1-2H3. The van der Waals surface area contributed by atoms with Crippen LogP contribution in [0.4, 0.5) is 4.39 Å². The lowest BCUT2D eigenvalue weighted by atomic mass is 9.91. The van der Waals surface area contributed by atoms with Crippen molar-refractivity contribution in [1.82, 2.24) is 4.57 Å². The van der Waals surface area contributed by atoms with E-state index in [9.17, 15) is 14.0 Å². The summed E-state index contributed by atoms with van der Waals surface area (Å²) in [5, 5.41) is 0. The molecule has 178 valence electrons. The van der Waals surface area contributed by atoms with Crippen molar-refractivity contribution in [3.05, 3.63) is 130 Å². The van der Waals surface area contributed by atoms with E-state index in [0.29, 0.717) is 12.1 Å². The highest BCUT2D eigenvalue weighted by Crippen LogP contribution is 2.26. The van der Waals surface area contributed by atoms with Crippen molar-refractivity contribution in [3.8, 4) is 0 Å². The Morgan fingerprint density at radius 2 is 1.43 bits per heavy atom. The van der Waals surface area contributed by atoms with Gasteiger partial charge in [-0.25, -0.2) is 4.39 Å². The summed E-state index contributed by atoms with van der Waals surface area (Å²) in [5.74, 6) is -1.56. The number of carbonyl (C=O) groups excluding carboxylic acids is 2. The smallest absolute Gasteiger partial charge is 0.318 e. The number of rotatable bonds is 9. The average molecular weight is 470 g/mol. The molecule has 0 fully saturated rings. The van der Waals surface area contributed by atoms with E-state index < -0.39 is 11.9 Å². The van der Waals surface area contributed by atoms with E-state index in [2.05, 4.69) is 4.57 Å². The highest BCUT2D eigenvalue weighted by Gasteiger charge is 2.25. The zero-order chi connectivity index (χ0) is 24.8. The molecular formula is C30H28FNO3. The van der Waals surface area contributed by atoms with Crippen molar-refractivity contribution in [2.75, 3.05) is 6.61 Å². The van der Waals surface area contributed by atoms with Gasteiger partial charge in [-0.15, -0.1) is 0 Å². The molecule has 4 nitrogen and oxygen atoms in total. The maximum absolute atomic E-state index is 13.2. The van der Waals surface area contributed by atoms with Crippen molar-refractivity contribution in [2.24, 2.45) is 0 Å². The van der Waals surface area contributed by atoms with Crippen molar-refractivity contribution >= 4 is 11.8 Å². The molecule has 3 aromatic carbocycles. The summed E-state index contributed by atoms with van der Waals surface area (Å²) in [5.41, 5.74) is 4.98. The molecule has 0 atom stereocenters. The zero-order valence-corrected chi connectivity index (χ0v) is 19.9. The van der Waals surface area contributed by atoms with Gasteiger partial charge in [0.25, 0.3) is 0 Å². The summed E-state index contributed by atoms with van der Waals surface area (Å²) < 4.78 is 20.8. The number of aromatic nitrogens is 1. The molecule has 4 aromatic rings. The number of esters is 1. The third kappa shape index (κ3) is 5.75. The number of nitrogens with zero attached hydrogens (tertiary/aromatic N) is 1. The third-order valence-corrected chi connectivity index (χ3v) is 6.26. The Labute approximate surface area is 205 Å². The first-order valence-corrected chi connectivity index (χ1v) is 11.6. The molecule has 0 unspecified atom stereocenters. The number of hydrogen-bond donors (Lipinski definition) is 0. The van der Waals surface area contributed by atoms with Gasteiger partial charge >= 0.3 is 5.97 Å². The van der Waals surface area contributed by atoms with E-state index in [4.69, 9.17) is 4.74 Å². The number of benzene rings is 3. The van der Waals surface area contributed by atoms with Crippen molar-refractivity contribution < 1.29 is 18.7 Å². The number of ether oxygens (including phenoxy) is 1. The molecule has 35 heavy (non-hydrogen) atoms. The molecule has 5 heteroatoms. The lowest BCUT2D eigenvalue weighted by Gasteiger charge is -2.17. The molecule has 0 spiro atoms. The highest BCUT2D eigenvalue weighted by atomic mass is 19.1. The lowest BCUT2D eigenvalue weighted by Crippen LogP contribution is -2.21. The minimum Gasteiger partial charge on any atom is -0.457 e. The Hall–Kier alpha value is -3.99. The predicted octanol–water partition coefficient (Wildman–Crippen LogP) is 6.04. The topological polar surface area (TPSA) is 48.3 Å². The van der Waals surface area contributed by atoms with E-state index in [1.165, 1.54) is 12.1 Å². The van der Waals surface area contributed by atoms with E-state index in [-0.39, 0.29) is 18.2 Å². The minimum atomic E-state index is -0.603. The molecule has 0 aliphatic carbocycles. The fourth-order valence-electron chi connectivity index (χ4n) is 4.37. The second-order valence-corrected chi connectivity index (χ2v) is 8.60. The Bertz CT molecular complexity index is 1260. The quantitative estimate of drug-likeness (QED) is 0.222. The van der Waals surface area contributed by atoms with Crippen molar-refractivity contribution in [3.63, 3.8) is 0 Å². The number of ketones is 1. The van der Waals surface area contributed by atoms with Crippen LogP contribution in [-0.2, 0) is 22.5 Å². The molecule has 0 radical (unpaired) electrons. The van der Waals surface area contributed by atoms with E-state index in [0.717, 1.165) is 34.5 Å². The Kier molecular flexibility index (Phi) is 7.56. The Morgan fingerprint density at radius 3 is 2.00 bits per heavy atom. The summed E-state index contributed by atoms with van der Waals surface area (Å²) in [6.45, 7) is 4.18. The number of Topliss-reactive ketones (excluding diaryl/α,β-unsaturated/α-hetero) is 1. The van der Waals surface area contributed by atoms with Crippen LogP contribution < -0.4 is 0 Å². The van der Waals surface area contributed by atoms with Gasteiger partial charge < -0.3 is 9.30 Å². The van der Waals surface area contributed by atoms with Gasteiger partial charge in [0.05, 0.1) is 0 Å². The monoisotopic (exact) mass is 469 g/mol. The first kappa shape index (κ1) is 24.1.